The number of anilines is 2. The summed E-state index contributed by atoms with van der Waals surface area (Å²) < 4.78 is 17.0. The van der Waals surface area contributed by atoms with Gasteiger partial charge in [-0.15, -0.1) is 22.7 Å². The molecule has 0 aliphatic carbocycles. The number of nitrogens with zero attached hydrogens (tertiary/aromatic N) is 6. The van der Waals surface area contributed by atoms with Gasteiger partial charge in [0.15, 0.2) is 0 Å². The number of aliphatic imine (C=N–C) groups is 1. The molecule has 1 fully saturated rings. The molecule has 0 unspecified atom stereocenters. The van der Waals surface area contributed by atoms with Crippen LogP contribution < -0.4 is 20.5 Å². The van der Waals surface area contributed by atoms with Gasteiger partial charge in [-0.25, -0.2) is 24.7 Å². The number of nitrogens with one attached hydrogen (secondary N) is 1. The highest BCUT2D eigenvalue weighted by molar-refractivity contribution is 7.25. The van der Waals surface area contributed by atoms with Gasteiger partial charge in [-0.3, -0.25) is 9.36 Å². The molecule has 12 nitrogen and oxygen atoms in total. The van der Waals surface area contributed by atoms with E-state index in [-0.39, 0.29) is 11.5 Å². The number of methoxy groups -OCH3 is 2. The first-order valence-electron chi connectivity index (χ1n) is 15.5. The Kier molecular flexibility index (Phi) is 10.2. The van der Waals surface area contributed by atoms with Crippen LogP contribution in [0.3, 0.4) is 0 Å². The molecule has 5 aromatic heterocycles. The second-order valence-electron chi connectivity index (χ2n) is 10.6. The van der Waals surface area contributed by atoms with Crippen LogP contribution in [0.15, 0.2) is 64.9 Å². The predicted octanol–water partition coefficient (Wildman–Crippen LogP) is 6.82. The number of thiophene rings is 2. The average Bonchev–Trinajstić information content (AvgIpc) is 3.91. The molecule has 0 amide bonds. The van der Waals surface area contributed by atoms with Gasteiger partial charge in [-0.05, 0) is 63.1 Å². The van der Waals surface area contributed by atoms with Crippen molar-refractivity contribution in [3.63, 3.8) is 0 Å². The Balaban J connectivity index is 0.000000151. The fourth-order valence-electron chi connectivity index (χ4n) is 5.35. The summed E-state index contributed by atoms with van der Waals surface area (Å²) >= 11 is 2.69. The minimum Gasteiger partial charge on any atom is -0.497 e. The van der Waals surface area contributed by atoms with E-state index in [4.69, 9.17) is 14.2 Å². The van der Waals surface area contributed by atoms with Crippen molar-refractivity contribution in [2.75, 3.05) is 50.7 Å². The van der Waals surface area contributed by atoms with E-state index in [2.05, 4.69) is 32.2 Å². The van der Waals surface area contributed by atoms with Crippen LogP contribution in [0.1, 0.15) is 36.4 Å². The minimum absolute atomic E-state index is 0.0967. The van der Waals surface area contributed by atoms with Crippen molar-refractivity contribution in [2.24, 2.45) is 4.99 Å². The zero-order chi connectivity index (χ0) is 33.6. The number of benzene rings is 1. The Morgan fingerprint density at radius 3 is 2.33 bits per heavy atom. The number of hydrogen-bond acceptors (Lipinski definition) is 13. The Morgan fingerprint density at radius 2 is 1.69 bits per heavy atom. The maximum Gasteiger partial charge on any atom is 0.350 e. The summed E-state index contributed by atoms with van der Waals surface area (Å²) in [6.45, 7) is 7.70. The van der Waals surface area contributed by atoms with Gasteiger partial charge in [0.1, 0.15) is 37.0 Å². The average molecular weight is 686 g/mol. The van der Waals surface area contributed by atoms with Gasteiger partial charge in [-0.2, -0.15) is 0 Å². The molecule has 0 saturated carbocycles. The molecule has 0 atom stereocenters. The number of hydrogen-bond donors (Lipinski definition) is 1. The number of esters is 1. The number of fused-ring (bicyclic) bond motifs is 3. The molecule has 8 rings (SSSR count). The highest BCUT2D eigenvalue weighted by Crippen LogP contribution is 2.44. The van der Waals surface area contributed by atoms with Crippen LogP contribution in [-0.4, -0.2) is 72.3 Å². The van der Waals surface area contributed by atoms with Gasteiger partial charge >= 0.3 is 5.97 Å². The van der Waals surface area contributed by atoms with Gasteiger partial charge < -0.3 is 24.4 Å². The molecular formula is C34H35N7O5S2. The standard InChI is InChI=1S/C18H16N4O2S.C12H11N3O2S.C4H8O/c1-3-19-13-8-9-20-17-14(13)15-16(25-17)18(23)22(10-21-15)11-4-6-12(24-2)7-5-11;1-3-15-6-14-9-8-7(15)4-5-13-11(8)18-10(9)12(16)17-2;1-2-4-5-3-1/h4-10H,3H2,1-2H3,(H,19,20);4-6H,3H2,1-2H3;1-4H2. The van der Waals surface area contributed by atoms with Crippen molar-refractivity contribution in [3.05, 3.63) is 70.4 Å². The molecule has 0 radical (unpaired) electrons. The second kappa shape index (κ2) is 14.9. The Bertz CT molecular complexity index is 2150. The third kappa shape index (κ3) is 6.46. The van der Waals surface area contributed by atoms with Crippen LogP contribution in [0.25, 0.3) is 36.3 Å². The quantitative estimate of drug-likeness (QED) is 0.186. The minimum atomic E-state index is -0.360. The molecule has 48 heavy (non-hydrogen) atoms. The zero-order valence-electron chi connectivity index (χ0n) is 27.1. The molecule has 0 spiro atoms. The van der Waals surface area contributed by atoms with Gasteiger partial charge in [0.05, 0.1) is 48.2 Å². The van der Waals surface area contributed by atoms with Crippen molar-refractivity contribution < 1.29 is 19.0 Å². The molecule has 6 aromatic rings. The van der Waals surface area contributed by atoms with Gasteiger partial charge in [0.25, 0.3) is 5.56 Å². The summed E-state index contributed by atoms with van der Waals surface area (Å²) in [6.07, 6.45) is 9.37. The fraction of sp³-hybridized carbons (Fsp3) is 0.294. The van der Waals surface area contributed by atoms with E-state index >= 15 is 0 Å². The van der Waals surface area contributed by atoms with E-state index in [1.54, 1.807) is 36.7 Å². The Hall–Kier alpha value is -4.92. The lowest BCUT2D eigenvalue weighted by Gasteiger charge is -2.21. The monoisotopic (exact) mass is 685 g/mol. The van der Waals surface area contributed by atoms with E-state index in [9.17, 15) is 9.59 Å². The zero-order valence-corrected chi connectivity index (χ0v) is 28.7. The normalized spacial score (nSPS) is 13.2. The Morgan fingerprint density at radius 1 is 0.958 bits per heavy atom. The molecule has 14 heteroatoms. The lowest BCUT2D eigenvalue weighted by Crippen LogP contribution is -2.22. The number of carbonyl (C=O) groups is 1. The van der Waals surface area contributed by atoms with Crippen molar-refractivity contribution in [2.45, 2.75) is 26.7 Å². The van der Waals surface area contributed by atoms with Gasteiger partial charge in [-0.1, -0.05) is 0 Å². The summed E-state index contributed by atoms with van der Waals surface area (Å²) in [5, 5.41) is 5.15. The molecule has 2 aliphatic rings. The van der Waals surface area contributed by atoms with Crippen LogP contribution in [-0.2, 0) is 9.47 Å². The summed E-state index contributed by atoms with van der Waals surface area (Å²) in [6, 6.07) is 11.2. The van der Waals surface area contributed by atoms with Crippen LogP contribution in [0, 0.1) is 0 Å². The lowest BCUT2D eigenvalue weighted by molar-refractivity contribution is 0.0607. The molecule has 7 heterocycles. The molecule has 1 saturated heterocycles. The molecule has 2 aliphatic heterocycles. The predicted molar refractivity (Wildman–Crippen MR) is 193 cm³/mol. The number of pyridine rings is 2. The highest BCUT2D eigenvalue weighted by Gasteiger charge is 2.25. The van der Waals surface area contributed by atoms with E-state index in [1.165, 1.54) is 42.6 Å². The van der Waals surface area contributed by atoms with Crippen LogP contribution in [0.4, 0.5) is 17.1 Å². The smallest absolute Gasteiger partial charge is 0.350 e. The summed E-state index contributed by atoms with van der Waals surface area (Å²) in [4.78, 5) is 46.5. The number of ether oxygens (including phenoxy) is 3. The number of aromatic nitrogens is 4. The fourth-order valence-corrected chi connectivity index (χ4v) is 7.44. The molecular weight excluding hydrogens is 651 g/mol. The van der Waals surface area contributed by atoms with E-state index in [1.807, 2.05) is 48.2 Å². The van der Waals surface area contributed by atoms with Gasteiger partial charge in [0.2, 0.25) is 0 Å². The van der Waals surface area contributed by atoms with E-state index in [0.717, 1.165) is 69.5 Å². The summed E-state index contributed by atoms with van der Waals surface area (Å²) in [5.74, 6) is 0.383. The summed E-state index contributed by atoms with van der Waals surface area (Å²) in [5.41, 5.74) is 4.01. The summed E-state index contributed by atoms with van der Waals surface area (Å²) in [7, 11) is 2.99. The molecule has 1 aromatic carbocycles. The SMILES string of the molecule is C1CCOC1.CCN1C=Nc2c(C(=O)OC)sc3nccc1c23.CCNc1ccnc2sc3c(=O)n(-c4ccc(OC)cc4)cnc3c12. The van der Waals surface area contributed by atoms with Crippen molar-refractivity contribution in [1.29, 1.82) is 0 Å². The van der Waals surface area contributed by atoms with E-state index in [0.29, 0.717) is 20.8 Å². The van der Waals surface area contributed by atoms with Crippen LogP contribution >= 0.6 is 22.7 Å². The van der Waals surface area contributed by atoms with Crippen LogP contribution in [0.5, 0.6) is 5.75 Å². The highest BCUT2D eigenvalue weighted by atomic mass is 32.1. The first kappa shape index (κ1) is 33.0. The third-order valence-corrected chi connectivity index (χ3v) is 9.86. The Labute approximate surface area is 284 Å². The van der Waals surface area contributed by atoms with Crippen LogP contribution in [0.2, 0.25) is 0 Å². The van der Waals surface area contributed by atoms with Gasteiger partial charge in [0, 0.05) is 44.4 Å². The third-order valence-electron chi connectivity index (χ3n) is 7.72. The van der Waals surface area contributed by atoms with Crippen molar-refractivity contribution in [1.82, 2.24) is 19.5 Å². The largest absolute Gasteiger partial charge is 0.497 e. The molecule has 0 bridgehead atoms. The van der Waals surface area contributed by atoms with E-state index < -0.39 is 0 Å². The maximum absolute atomic E-state index is 13.0. The number of rotatable bonds is 6. The second-order valence-corrected chi connectivity index (χ2v) is 12.6. The maximum atomic E-state index is 13.0. The first-order valence-corrected chi connectivity index (χ1v) is 17.2. The topological polar surface area (TPSA) is 133 Å². The lowest BCUT2D eigenvalue weighted by atomic mass is 10.2. The first-order chi connectivity index (χ1) is 23.5. The molecule has 1 N–H and O–H groups in total. The van der Waals surface area contributed by atoms with Crippen molar-refractivity contribution >= 4 is 82.7 Å². The van der Waals surface area contributed by atoms with Crippen molar-refractivity contribution in [3.8, 4) is 11.4 Å². The molecule has 248 valence electrons. The number of carbonyl (C=O) groups excluding carboxylic acids is 1.